The number of benzene rings is 2. The molecule has 3 aromatic rings. The van der Waals surface area contributed by atoms with Gasteiger partial charge in [-0.25, -0.2) is 13.6 Å². The number of pyridine rings is 1. The molecule has 0 saturated heterocycles. The quantitative estimate of drug-likeness (QED) is 0.264. The zero-order valence-corrected chi connectivity index (χ0v) is 19.7. The second-order valence-corrected chi connectivity index (χ2v) is 8.19. The highest BCUT2D eigenvalue weighted by Crippen LogP contribution is 2.17. The number of halogens is 5. The van der Waals surface area contributed by atoms with Crippen molar-refractivity contribution in [1.29, 1.82) is 0 Å². The number of aryl methyl sites for hydroxylation is 2. The first-order chi connectivity index (χ1) is 15.3. The molecular formula is C24H23Cl3F2N2O. The van der Waals surface area contributed by atoms with Crippen LogP contribution < -0.4 is 4.84 Å². The molecule has 0 unspecified atom stereocenters. The van der Waals surface area contributed by atoms with Crippen LogP contribution in [0.1, 0.15) is 40.0 Å². The highest BCUT2D eigenvalue weighted by Gasteiger charge is 2.11. The molecule has 0 bridgehead atoms. The second kappa shape index (κ2) is 13.5. The van der Waals surface area contributed by atoms with Crippen molar-refractivity contribution < 1.29 is 13.6 Å². The lowest BCUT2D eigenvalue weighted by Gasteiger charge is -2.05. The van der Waals surface area contributed by atoms with E-state index >= 15 is 0 Å². The average molecular weight is 500 g/mol. The van der Waals surface area contributed by atoms with Gasteiger partial charge < -0.3 is 0 Å². The number of rotatable bonds is 8. The van der Waals surface area contributed by atoms with E-state index < -0.39 is 0 Å². The summed E-state index contributed by atoms with van der Waals surface area (Å²) >= 11 is 16.5. The standard InChI is InChI=1S/C16H15ClFNO.C8H8Cl2FN/c1-11-4-3-9-19-16(11)15(20)6-2-5-12-7-8-13(17)10-14(12)18;9-7-2-1-6(3-4-12-10)8(11)5-7/h3-4,7-10H,2,5-6H2,1H3;1-2,5,12H,3-4H2. The summed E-state index contributed by atoms with van der Waals surface area (Å²) in [6.07, 6.45) is 3.64. The summed E-state index contributed by atoms with van der Waals surface area (Å²) in [6, 6.07) is 12.9. The first-order valence-corrected chi connectivity index (χ1v) is 11.1. The fourth-order valence-corrected chi connectivity index (χ4v) is 3.38. The maximum absolute atomic E-state index is 13.6. The molecule has 0 spiro atoms. The fraction of sp³-hybridized carbons (Fsp3) is 0.250. The van der Waals surface area contributed by atoms with Gasteiger partial charge in [-0.3, -0.25) is 9.78 Å². The molecule has 1 heterocycles. The van der Waals surface area contributed by atoms with Crippen molar-refractivity contribution >= 4 is 40.8 Å². The van der Waals surface area contributed by atoms with Crippen LogP contribution in [0.5, 0.6) is 0 Å². The molecular weight excluding hydrogens is 477 g/mol. The number of carbonyl (C=O) groups excluding carboxylic acids is 1. The van der Waals surface area contributed by atoms with Gasteiger partial charge in [0.1, 0.15) is 17.3 Å². The van der Waals surface area contributed by atoms with Crippen LogP contribution in [-0.4, -0.2) is 17.3 Å². The number of aromatic nitrogens is 1. The number of nitrogens with one attached hydrogen (secondary N) is 1. The van der Waals surface area contributed by atoms with Crippen LogP contribution in [0, 0.1) is 18.6 Å². The minimum absolute atomic E-state index is 0.00234. The van der Waals surface area contributed by atoms with Crippen LogP contribution in [0.2, 0.25) is 10.0 Å². The molecule has 3 rings (SSSR count). The van der Waals surface area contributed by atoms with Crippen molar-refractivity contribution in [3.63, 3.8) is 0 Å². The number of nitrogens with zero attached hydrogens (tertiary/aromatic N) is 1. The molecule has 0 aliphatic rings. The summed E-state index contributed by atoms with van der Waals surface area (Å²) in [4.78, 5) is 18.5. The smallest absolute Gasteiger partial charge is 0.181 e. The Hall–Kier alpha value is -2.05. The third-order valence-electron chi connectivity index (χ3n) is 4.64. The first kappa shape index (κ1) is 26.2. The van der Waals surface area contributed by atoms with Crippen molar-refractivity contribution in [3.8, 4) is 0 Å². The van der Waals surface area contributed by atoms with Gasteiger partial charge in [-0.2, -0.15) is 0 Å². The monoisotopic (exact) mass is 498 g/mol. The van der Waals surface area contributed by atoms with Gasteiger partial charge in [-0.1, -0.05) is 41.4 Å². The van der Waals surface area contributed by atoms with Gasteiger partial charge in [0, 0.05) is 29.2 Å². The molecule has 2 aromatic carbocycles. The summed E-state index contributed by atoms with van der Waals surface area (Å²) in [7, 11) is 0. The molecule has 0 fully saturated rings. The summed E-state index contributed by atoms with van der Waals surface area (Å²) in [5.41, 5.74) is 2.58. The first-order valence-electron chi connectivity index (χ1n) is 9.98. The lowest BCUT2D eigenvalue weighted by molar-refractivity contribution is 0.0974. The van der Waals surface area contributed by atoms with Crippen molar-refractivity contribution in [2.75, 3.05) is 6.54 Å². The van der Waals surface area contributed by atoms with Gasteiger partial charge >= 0.3 is 0 Å². The number of ketones is 1. The molecule has 0 aliphatic heterocycles. The van der Waals surface area contributed by atoms with Gasteiger partial charge in [-0.15, -0.1) is 0 Å². The van der Waals surface area contributed by atoms with Gasteiger partial charge in [0.05, 0.1) is 0 Å². The molecule has 0 saturated carbocycles. The fourth-order valence-electron chi connectivity index (χ4n) is 2.97. The van der Waals surface area contributed by atoms with E-state index in [0.29, 0.717) is 59.1 Å². The Kier molecular flexibility index (Phi) is 11.0. The highest BCUT2D eigenvalue weighted by atomic mass is 35.5. The largest absolute Gasteiger partial charge is 0.292 e. The van der Waals surface area contributed by atoms with Crippen molar-refractivity contribution in [1.82, 2.24) is 9.82 Å². The number of carbonyl (C=O) groups is 1. The molecule has 1 aromatic heterocycles. The lowest BCUT2D eigenvalue weighted by atomic mass is 10.0. The predicted molar refractivity (Wildman–Crippen MR) is 127 cm³/mol. The van der Waals surface area contributed by atoms with Crippen LogP contribution in [0.25, 0.3) is 0 Å². The van der Waals surface area contributed by atoms with Crippen LogP contribution >= 0.6 is 35.0 Å². The molecule has 170 valence electrons. The summed E-state index contributed by atoms with van der Waals surface area (Å²) in [6.45, 7) is 2.40. The summed E-state index contributed by atoms with van der Waals surface area (Å²) in [5, 5.41) is 0.793. The third-order valence-corrected chi connectivity index (χ3v) is 5.30. The number of Topliss-reactive ketones (excluding diaryl/α,β-unsaturated/α-hetero) is 1. The molecule has 0 atom stereocenters. The maximum atomic E-state index is 13.6. The van der Waals surface area contributed by atoms with E-state index in [-0.39, 0.29) is 17.4 Å². The minimum atomic E-state index is -0.320. The van der Waals surface area contributed by atoms with E-state index in [1.54, 1.807) is 36.5 Å². The van der Waals surface area contributed by atoms with Crippen molar-refractivity contribution in [3.05, 3.63) is 98.8 Å². The van der Waals surface area contributed by atoms with E-state index in [0.717, 1.165) is 5.56 Å². The zero-order chi connectivity index (χ0) is 23.5. The average Bonchev–Trinajstić information content (AvgIpc) is 2.75. The van der Waals surface area contributed by atoms with Gasteiger partial charge in [-0.05, 0) is 85.0 Å². The Morgan fingerprint density at radius 1 is 0.969 bits per heavy atom. The highest BCUT2D eigenvalue weighted by molar-refractivity contribution is 6.30. The SMILES string of the molecule is Cc1cccnc1C(=O)CCCc1ccc(Cl)cc1F.Fc1cc(Cl)ccc1CCNCl. The Balaban J connectivity index is 0.000000258. The third kappa shape index (κ3) is 8.47. The Labute approximate surface area is 201 Å². The van der Waals surface area contributed by atoms with Crippen LogP contribution in [0.4, 0.5) is 8.78 Å². The van der Waals surface area contributed by atoms with Crippen LogP contribution in [0.3, 0.4) is 0 Å². The van der Waals surface area contributed by atoms with Gasteiger partial charge in [0.2, 0.25) is 0 Å². The summed E-state index contributed by atoms with van der Waals surface area (Å²) in [5.74, 6) is -0.606. The Bertz CT molecular complexity index is 1050. The second-order valence-electron chi connectivity index (χ2n) is 7.05. The van der Waals surface area contributed by atoms with E-state index in [4.69, 9.17) is 35.0 Å². The van der Waals surface area contributed by atoms with Crippen molar-refractivity contribution in [2.24, 2.45) is 0 Å². The molecule has 1 N–H and O–H groups in total. The Morgan fingerprint density at radius 2 is 1.56 bits per heavy atom. The lowest BCUT2D eigenvalue weighted by Crippen LogP contribution is -2.05. The topological polar surface area (TPSA) is 42.0 Å². The minimum Gasteiger partial charge on any atom is -0.292 e. The van der Waals surface area contributed by atoms with E-state index in [1.165, 1.54) is 12.1 Å². The van der Waals surface area contributed by atoms with Crippen LogP contribution in [-0.2, 0) is 12.8 Å². The van der Waals surface area contributed by atoms with Gasteiger partial charge in [0.25, 0.3) is 0 Å². The van der Waals surface area contributed by atoms with E-state index in [9.17, 15) is 13.6 Å². The van der Waals surface area contributed by atoms with Crippen molar-refractivity contribution in [2.45, 2.75) is 32.6 Å². The predicted octanol–water partition coefficient (Wildman–Crippen LogP) is 7.15. The normalized spacial score (nSPS) is 10.4. The number of hydrogen-bond acceptors (Lipinski definition) is 3. The maximum Gasteiger partial charge on any atom is 0.181 e. The molecule has 8 heteroatoms. The molecule has 0 aliphatic carbocycles. The van der Waals surface area contributed by atoms with E-state index in [1.807, 2.05) is 13.0 Å². The molecule has 3 nitrogen and oxygen atoms in total. The molecule has 0 radical (unpaired) electrons. The van der Waals surface area contributed by atoms with Gasteiger partial charge in [0.15, 0.2) is 5.78 Å². The van der Waals surface area contributed by atoms with Crippen LogP contribution in [0.15, 0.2) is 54.7 Å². The summed E-state index contributed by atoms with van der Waals surface area (Å²) < 4.78 is 26.6. The van der Waals surface area contributed by atoms with E-state index in [2.05, 4.69) is 9.82 Å². The Morgan fingerprint density at radius 3 is 2.09 bits per heavy atom. The zero-order valence-electron chi connectivity index (χ0n) is 17.5. The molecule has 0 amide bonds. The molecule has 32 heavy (non-hydrogen) atoms. The number of hydrogen-bond donors (Lipinski definition) is 1.